The van der Waals surface area contributed by atoms with Crippen LogP contribution < -0.4 is 4.70 Å². The fraction of sp³-hybridized carbons (Fsp3) is 0.429. The number of hydrogen-bond acceptors (Lipinski definition) is 2. The van der Waals surface area contributed by atoms with Gasteiger partial charge in [-0.3, -0.25) is 0 Å². The molecule has 0 aliphatic carbocycles. The fourth-order valence-corrected chi connectivity index (χ4v) is 1.08. The molecule has 0 unspecified atom stereocenters. The van der Waals surface area contributed by atoms with Crippen molar-refractivity contribution in [2.24, 2.45) is 5.41 Å². The first-order valence-corrected chi connectivity index (χ1v) is 8.00. The van der Waals surface area contributed by atoms with E-state index in [4.69, 9.17) is 9.78 Å². The van der Waals surface area contributed by atoms with Gasteiger partial charge in [-0.1, -0.05) is 57.7 Å². The molecule has 0 fully saturated rings. The van der Waals surface area contributed by atoms with E-state index in [1.165, 1.54) is 0 Å². The van der Waals surface area contributed by atoms with Gasteiger partial charge in [-0.2, -0.15) is 0 Å². The van der Waals surface area contributed by atoms with Crippen molar-refractivity contribution in [1.29, 1.82) is 0 Å². The van der Waals surface area contributed by atoms with E-state index in [2.05, 4.69) is 27.4 Å². The maximum absolute atomic E-state index is 9.84. The molecular formula is C14H20F6O2P-. The minimum atomic E-state index is -8.55. The second kappa shape index (κ2) is 9.25. The number of rotatable bonds is 5. The van der Waals surface area contributed by atoms with Gasteiger partial charge in [0.2, 0.25) is 0 Å². The zero-order valence-corrected chi connectivity index (χ0v) is 13.9. The normalized spacial score (nSPS) is 13.0. The summed E-state index contributed by atoms with van der Waals surface area (Å²) in [5.74, 6) is 0. The van der Waals surface area contributed by atoms with E-state index in [0.717, 1.165) is 11.1 Å². The third kappa shape index (κ3) is 20.9. The summed E-state index contributed by atoms with van der Waals surface area (Å²) < 4.78 is 49.2. The molecule has 0 saturated carbocycles. The Bertz CT molecular complexity index is 446. The van der Waals surface area contributed by atoms with Gasteiger partial charge < -0.3 is 4.70 Å². The molecule has 0 N–H and O–H groups in total. The molecule has 9 heteroatoms. The molecule has 0 bridgehead atoms. The van der Waals surface area contributed by atoms with Gasteiger partial charge in [0.1, 0.15) is 6.61 Å². The van der Waals surface area contributed by atoms with E-state index in [0.29, 0.717) is 13.2 Å². The maximum atomic E-state index is 9.84. The van der Waals surface area contributed by atoms with Crippen LogP contribution in [0.5, 0.6) is 0 Å². The van der Waals surface area contributed by atoms with Crippen LogP contribution in [0.3, 0.4) is 0 Å². The zero-order chi connectivity index (χ0) is 17.5. The van der Waals surface area contributed by atoms with Crippen LogP contribution >= 0.6 is 8.16 Å². The predicted molar refractivity (Wildman–Crippen MR) is 79.2 cm³/mol. The minimum Gasteiger partial charge on any atom is -1.00 e. The van der Waals surface area contributed by atoms with Gasteiger partial charge >= 0.3 is 29.1 Å². The van der Waals surface area contributed by atoms with E-state index in [1.54, 1.807) is 0 Å². The molecule has 1 aromatic rings. The van der Waals surface area contributed by atoms with E-state index in [9.17, 15) is 21.0 Å². The van der Waals surface area contributed by atoms with Crippen molar-refractivity contribution in [1.82, 2.24) is 0 Å². The number of halogens is 6. The molecule has 0 amide bonds. The van der Waals surface area contributed by atoms with Gasteiger partial charge in [-0.25, -0.2) is 9.78 Å². The molecule has 1 aromatic carbocycles. The van der Waals surface area contributed by atoms with Gasteiger partial charge in [0, 0.05) is 0 Å². The van der Waals surface area contributed by atoms with E-state index in [-0.39, 0.29) is 10.1 Å². The molecule has 0 saturated heterocycles. The van der Waals surface area contributed by atoms with Crippen molar-refractivity contribution in [3.05, 3.63) is 42.0 Å². The summed E-state index contributed by atoms with van der Waals surface area (Å²) in [4.78, 5) is 10.3. The Hall–Kier alpha value is -1.11. The summed E-state index contributed by atoms with van der Waals surface area (Å²) in [6.07, 6.45) is 1.82. The van der Waals surface area contributed by atoms with Crippen molar-refractivity contribution < 1.29 is 35.5 Å². The van der Waals surface area contributed by atoms with Crippen molar-refractivity contribution in [2.75, 3.05) is 6.61 Å². The summed E-state index contributed by atoms with van der Waals surface area (Å²) in [5.41, 5.74) is 2.34. The Kier molecular flexibility index (Phi) is 9.71. The second-order valence-corrected chi connectivity index (χ2v) is 6.95. The SMILES string of the molecule is C=Cc1ccc(COOCC(C)(C)C)cc1.FP(F)(F)(F)F.[F-]. The summed E-state index contributed by atoms with van der Waals surface area (Å²) in [5, 5.41) is 0. The Labute approximate surface area is 132 Å². The molecule has 1 rings (SSSR count). The van der Waals surface area contributed by atoms with Crippen LogP contribution in [0.15, 0.2) is 30.8 Å². The first-order valence-electron chi connectivity index (χ1n) is 6.31. The summed E-state index contributed by atoms with van der Waals surface area (Å²) in [7, 11) is -8.55. The minimum absolute atomic E-state index is 0. The average molecular weight is 365 g/mol. The van der Waals surface area contributed by atoms with Crippen LogP contribution in [0.25, 0.3) is 6.08 Å². The van der Waals surface area contributed by atoms with Crippen LogP contribution in [0.1, 0.15) is 31.9 Å². The van der Waals surface area contributed by atoms with E-state index in [1.807, 2.05) is 30.3 Å². The van der Waals surface area contributed by atoms with Gasteiger partial charge in [-0.05, 0) is 16.5 Å². The Morgan fingerprint density at radius 2 is 1.43 bits per heavy atom. The molecule has 0 aliphatic rings. The zero-order valence-electron chi connectivity index (χ0n) is 13.0. The molecule has 136 valence electrons. The van der Waals surface area contributed by atoms with Crippen molar-refractivity contribution >= 4 is 14.2 Å². The van der Waals surface area contributed by atoms with Gasteiger partial charge in [0.15, 0.2) is 0 Å². The van der Waals surface area contributed by atoms with Crippen LogP contribution in [0.4, 0.5) is 21.0 Å². The van der Waals surface area contributed by atoms with Crippen LogP contribution in [0.2, 0.25) is 0 Å². The summed E-state index contributed by atoms with van der Waals surface area (Å²) >= 11 is 0. The molecule has 0 atom stereocenters. The quantitative estimate of drug-likeness (QED) is 0.260. The third-order valence-corrected chi connectivity index (χ3v) is 2.02. The van der Waals surface area contributed by atoms with Gasteiger partial charge in [-0.15, -0.1) is 0 Å². The fourth-order valence-electron chi connectivity index (χ4n) is 1.08. The maximum Gasteiger partial charge on any atom is -1.00 e. The number of hydrogen-bond donors (Lipinski definition) is 0. The van der Waals surface area contributed by atoms with E-state index < -0.39 is 8.16 Å². The molecule has 0 radical (unpaired) electrons. The van der Waals surface area contributed by atoms with Gasteiger partial charge in [0.25, 0.3) is 0 Å². The summed E-state index contributed by atoms with van der Waals surface area (Å²) in [6.45, 7) is 11.1. The molecule has 0 aromatic heterocycles. The summed E-state index contributed by atoms with van der Waals surface area (Å²) in [6, 6.07) is 8.04. The van der Waals surface area contributed by atoms with Crippen molar-refractivity contribution in [2.45, 2.75) is 27.4 Å². The molecule has 0 spiro atoms. The van der Waals surface area contributed by atoms with Crippen molar-refractivity contribution in [3.8, 4) is 0 Å². The first kappa shape index (κ1) is 24.1. The van der Waals surface area contributed by atoms with Gasteiger partial charge in [0.05, 0.1) is 6.61 Å². The van der Waals surface area contributed by atoms with E-state index >= 15 is 0 Å². The van der Waals surface area contributed by atoms with Crippen molar-refractivity contribution in [3.63, 3.8) is 0 Å². The van der Waals surface area contributed by atoms with Crippen LogP contribution in [-0.2, 0) is 16.4 Å². The molecule has 2 nitrogen and oxygen atoms in total. The smallest absolute Gasteiger partial charge is 1.00 e. The third-order valence-electron chi connectivity index (χ3n) is 2.02. The Morgan fingerprint density at radius 1 is 1.00 bits per heavy atom. The molecule has 23 heavy (non-hydrogen) atoms. The second-order valence-electron chi connectivity index (χ2n) is 5.67. The molecule has 0 aliphatic heterocycles. The number of benzene rings is 1. The van der Waals surface area contributed by atoms with Crippen LogP contribution in [0, 0.1) is 5.41 Å². The Balaban J connectivity index is 0. The molecule has 0 heterocycles. The van der Waals surface area contributed by atoms with Crippen LogP contribution in [-0.4, -0.2) is 6.61 Å². The monoisotopic (exact) mass is 365 g/mol. The Morgan fingerprint density at radius 3 is 1.78 bits per heavy atom. The first-order chi connectivity index (χ1) is 9.75. The topological polar surface area (TPSA) is 18.5 Å². The predicted octanol–water partition coefficient (Wildman–Crippen LogP) is 3.79. The largest absolute Gasteiger partial charge is 1.00 e. The standard InChI is InChI=1S/C14H20O2.F5P.FH/c1-5-12-6-8-13(9-7-12)10-15-16-11-14(2,3)4;1-6(2,3,4)5;/h5-9H,1,10-11H2,2-4H3;;1H/p-1. The molecular weight excluding hydrogens is 345 g/mol. The average Bonchev–Trinajstić information content (AvgIpc) is 2.31.